The van der Waals surface area contributed by atoms with Crippen molar-refractivity contribution in [3.05, 3.63) is 71.8 Å². The number of benzene rings is 2. The molecule has 6 heteroatoms. The van der Waals surface area contributed by atoms with E-state index in [9.17, 15) is 9.59 Å². The molecule has 0 aliphatic carbocycles. The quantitative estimate of drug-likeness (QED) is 0.635. The number of carbonyl (C=O) groups is 2. The molecule has 1 saturated heterocycles. The molecule has 3 unspecified atom stereocenters. The number of urea groups is 1. The Labute approximate surface area is 171 Å². The molecule has 3 rings (SSSR count). The van der Waals surface area contributed by atoms with E-state index in [1.165, 1.54) is 0 Å². The number of hydrogen-bond donors (Lipinski definition) is 3. The average molecular weight is 396 g/mol. The van der Waals surface area contributed by atoms with E-state index in [0.29, 0.717) is 19.4 Å². The third kappa shape index (κ3) is 6.91. The molecule has 0 bridgehead atoms. The summed E-state index contributed by atoms with van der Waals surface area (Å²) in [4.78, 5) is 23.6. The Balaban J connectivity index is 1.55. The van der Waals surface area contributed by atoms with Gasteiger partial charge in [-0.1, -0.05) is 60.7 Å². The van der Waals surface area contributed by atoms with Gasteiger partial charge in [0.1, 0.15) is 0 Å². The molecule has 154 valence electrons. The first-order valence-corrected chi connectivity index (χ1v) is 10.1. The van der Waals surface area contributed by atoms with Crippen molar-refractivity contribution < 1.29 is 19.4 Å². The minimum atomic E-state index is -0.861. The molecule has 2 aromatic carbocycles. The zero-order chi connectivity index (χ0) is 20.5. The van der Waals surface area contributed by atoms with Crippen molar-refractivity contribution in [3.63, 3.8) is 0 Å². The zero-order valence-corrected chi connectivity index (χ0v) is 16.4. The Hall–Kier alpha value is -2.86. The summed E-state index contributed by atoms with van der Waals surface area (Å²) >= 11 is 0. The highest BCUT2D eigenvalue weighted by molar-refractivity contribution is 5.74. The summed E-state index contributed by atoms with van der Waals surface area (Å²) in [5.41, 5.74) is 2.18. The molecule has 0 spiro atoms. The van der Waals surface area contributed by atoms with Crippen molar-refractivity contribution in [1.29, 1.82) is 0 Å². The van der Waals surface area contributed by atoms with E-state index < -0.39 is 5.97 Å². The van der Waals surface area contributed by atoms with Crippen molar-refractivity contribution >= 4 is 12.0 Å². The van der Waals surface area contributed by atoms with Gasteiger partial charge in [0.15, 0.2) is 0 Å². The predicted molar refractivity (Wildman–Crippen MR) is 111 cm³/mol. The topological polar surface area (TPSA) is 87.7 Å². The van der Waals surface area contributed by atoms with Gasteiger partial charge in [0.25, 0.3) is 0 Å². The fourth-order valence-electron chi connectivity index (χ4n) is 3.66. The normalized spacial score (nSPS) is 19.9. The Morgan fingerprint density at radius 1 is 1.07 bits per heavy atom. The number of aliphatic carboxylic acids is 1. The molecule has 0 saturated carbocycles. The summed E-state index contributed by atoms with van der Waals surface area (Å²) in [6.07, 6.45) is 2.46. The molecule has 0 aromatic heterocycles. The summed E-state index contributed by atoms with van der Waals surface area (Å²) in [6, 6.07) is 19.3. The van der Waals surface area contributed by atoms with Crippen LogP contribution < -0.4 is 10.6 Å². The second-order valence-electron chi connectivity index (χ2n) is 7.43. The van der Waals surface area contributed by atoms with Crippen molar-refractivity contribution in [3.8, 4) is 0 Å². The highest BCUT2D eigenvalue weighted by Crippen LogP contribution is 2.27. The van der Waals surface area contributed by atoms with Gasteiger partial charge in [-0.3, -0.25) is 4.79 Å². The molecule has 1 heterocycles. The summed E-state index contributed by atoms with van der Waals surface area (Å²) in [5.74, 6) is -0.861. The van der Waals surface area contributed by atoms with Gasteiger partial charge in [-0.25, -0.2) is 4.79 Å². The first-order valence-electron chi connectivity index (χ1n) is 10.1. The Morgan fingerprint density at radius 3 is 2.45 bits per heavy atom. The van der Waals surface area contributed by atoms with Crippen LogP contribution in [0.5, 0.6) is 0 Å². The molecule has 1 aliphatic heterocycles. The summed E-state index contributed by atoms with van der Waals surface area (Å²) < 4.78 is 5.86. The number of carboxylic acid groups (broad SMARTS) is 1. The van der Waals surface area contributed by atoms with Crippen LogP contribution in [-0.2, 0) is 16.0 Å². The van der Waals surface area contributed by atoms with Crippen molar-refractivity contribution in [2.75, 3.05) is 6.61 Å². The molecule has 2 amide bonds. The van der Waals surface area contributed by atoms with Crippen LogP contribution in [0.25, 0.3) is 0 Å². The molecular formula is C23H28N2O4. The molecule has 29 heavy (non-hydrogen) atoms. The maximum atomic E-state index is 12.6. The van der Waals surface area contributed by atoms with Crippen molar-refractivity contribution in [1.82, 2.24) is 10.6 Å². The van der Waals surface area contributed by atoms with Gasteiger partial charge in [-0.2, -0.15) is 0 Å². The van der Waals surface area contributed by atoms with E-state index >= 15 is 0 Å². The Morgan fingerprint density at radius 2 is 1.76 bits per heavy atom. The third-order valence-electron chi connectivity index (χ3n) is 5.16. The van der Waals surface area contributed by atoms with Crippen LogP contribution in [0.4, 0.5) is 4.79 Å². The molecule has 3 N–H and O–H groups in total. The lowest BCUT2D eigenvalue weighted by molar-refractivity contribution is -0.137. The van der Waals surface area contributed by atoms with Crippen molar-refractivity contribution in [2.45, 2.75) is 50.3 Å². The SMILES string of the molecule is O=C(O)CCC(Cc1ccccc1)NC(=O)NC1CCOC(c2ccccc2)C1. The van der Waals surface area contributed by atoms with E-state index in [1.807, 2.05) is 60.7 Å². The van der Waals surface area contributed by atoms with E-state index in [0.717, 1.165) is 24.0 Å². The maximum Gasteiger partial charge on any atom is 0.315 e. The van der Waals surface area contributed by atoms with Crippen LogP contribution in [0.2, 0.25) is 0 Å². The number of hydrogen-bond acceptors (Lipinski definition) is 3. The molecule has 2 aromatic rings. The van der Waals surface area contributed by atoms with E-state index in [2.05, 4.69) is 10.6 Å². The van der Waals surface area contributed by atoms with Gasteiger partial charge in [0.2, 0.25) is 0 Å². The number of carbonyl (C=O) groups excluding carboxylic acids is 1. The van der Waals surface area contributed by atoms with Gasteiger partial charge in [-0.05, 0) is 36.8 Å². The zero-order valence-electron chi connectivity index (χ0n) is 16.4. The van der Waals surface area contributed by atoms with Gasteiger partial charge < -0.3 is 20.5 Å². The van der Waals surface area contributed by atoms with E-state index in [1.54, 1.807) is 0 Å². The van der Waals surface area contributed by atoms with E-state index in [4.69, 9.17) is 9.84 Å². The molecule has 6 nitrogen and oxygen atoms in total. The Kier molecular flexibility index (Phi) is 7.64. The molecule has 0 radical (unpaired) electrons. The molecule has 3 atom stereocenters. The standard InChI is InChI=1S/C23H28N2O4/c26-22(27)12-11-19(15-17-7-3-1-4-8-17)24-23(28)25-20-13-14-29-21(16-20)18-9-5-2-6-10-18/h1-10,19-21H,11-16H2,(H,26,27)(H2,24,25,28). The van der Waals surface area contributed by atoms with Crippen LogP contribution in [0, 0.1) is 0 Å². The minimum Gasteiger partial charge on any atom is -0.481 e. The fourth-order valence-corrected chi connectivity index (χ4v) is 3.66. The highest BCUT2D eigenvalue weighted by atomic mass is 16.5. The maximum absolute atomic E-state index is 12.6. The lowest BCUT2D eigenvalue weighted by atomic mass is 9.97. The monoisotopic (exact) mass is 396 g/mol. The lowest BCUT2D eigenvalue weighted by Gasteiger charge is -2.31. The van der Waals surface area contributed by atoms with Gasteiger partial charge in [0.05, 0.1) is 6.10 Å². The van der Waals surface area contributed by atoms with Crippen LogP contribution >= 0.6 is 0 Å². The molecule has 1 fully saturated rings. The first kappa shape index (κ1) is 20.9. The van der Waals surface area contributed by atoms with Crippen LogP contribution in [0.3, 0.4) is 0 Å². The fraction of sp³-hybridized carbons (Fsp3) is 0.391. The van der Waals surface area contributed by atoms with Crippen molar-refractivity contribution in [2.24, 2.45) is 0 Å². The van der Waals surface area contributed by atoms with Gasteiger partial charge in [-0.15, -0.1) is 0 Å². The van der Waals surface area contributed by atoms with Crippen LogP contribution in [0.15, 0.2) is 60.7 Å². The molecule has 1 aliphatic rings. The third-order valence-corrected chi connectivity index (χ3v) is 5.16. The average Bonchev–Trinajstić information content (AvgIpc) is 2.73. The number of ether oxygens (including phenoxy) is 1. The number of rotatable bonds is 8. The first-order chi connectivity index (χ1) is 14.1. The summed E-state index contributed by atoms with van der Waals surface area (Å²) in [5, 5.41) is 15.0. The highest BCUT2D eigenvalue weighted by Gasteiger charge is 2.25. The summed E-state index contributed by atoms with van der Waals surface area (Å²) in [7, 11) is 0. The van der Waals surface area contributed by atoms with Gasteiger partial charge in [0, 0.05) is 25.1 Å². The number of amides is 2. The van der Waals surface area contributed by atoms with Crippen LogP contribution in [-0.4, -0.2) is 35.8 Å². The Bertz CT molecular complexity index is 782. The lowest BCUT2D eigenvalue weighted by Crippen LogP contribution is -2.48. The molecular weight excluding hydrogens is 368 g/mol. The number of carboxylic acids is 1. The second kappa shape index (κ2) is 10.6. The minimum absolute atomic E-state index is 0.0190. The summed E-state index contributed by atoms with van der Waals surface area (Å²) in [6.45, 7) is 0.594. The van der Waals surface area contributed by atoms with E-state index in [-0.39, 0.29) is 30.6 Å². The second-order valence-corrected chi connectivity index (χ2v) is 7.43. The largest absolute Gasteiger partial charge is 0.481 e. The predicted octanol–water partition coefficient (Wildman–Crippen LogP) is 3.68. The van der Waals surface area contributed by atoms with Gasteiger partial charge >= 0.3 is 12.0 Å². The smallest absolute Gasteiger partial charge is 0.315 e. The van der Waals surface area contributed by atoms with Crippen LogP contribution in [0.1, 0.15) is 42.9 Å². The number of nitrogens with one attached hydrogen (secondary N) is 2.